The van der Waals surface area contributed by atoms with Crippen molar-refractivity contribution < 1.29 is 0 Å². The molecule has 0 aliphatic rings. The number of hydrogen-bond donors (Lipinski definition) is 0. The number of benzene rings is 1. The van der Waals surface area contributed by atoms with Gasteiger partial charge in [0, 0.05) is 6.20 Å². The molecule has 108 valence electrons. The number of hydrogen-bond acceptors (Lipinski definition) is 2. The molecule has 21 heavy (non-hydrogen) atoms. The van der Waals surface area contributed by atoms with Crippen molar-refractivity contribution in [3.63, 3.8) is 0 Å². The first-order chi connectivity index (χ1) is 10.1. The normalized spacial score (nSPS) is 14.3. The highest BCUT2D eigenvalue weighted by atomic mass is 35.5. The Bertz CT molecular complexity index is 766. The molecule has 2 atom stereocenters. The maximum atomic E-state index is 6.32. The number of alkyl halides is 1. The zero-order valence-electron chi connectivity index (χ0n) is 11.8. The van der Waals surface area contributed by atoms with E-state index >= 15 is 0 Å². The SMILES string of the molecule is CC(Cl)c1nc2c(Cl)cccc2n1C(C)c1ccccn1. The lowest BCUT2D eigenvalue weighted by Gasteiger charge is -2.18. The van der Waals surface area contributed by atoms with Gasteiger partial charge >= 0.3 is 0 Å². The summed E-state index contributed by atoms with van der Waals surface area (Å²) in [4.78, 5) is 9.07. The van der Waals surface area contributed by atoms with Gasteiger partial charge in [0.05, 0.1) is 27.7 Å². The van der Waals surface area contributed by atoms with Crippen molar-refractivity contribution in [2.24, 2.45) is 0 Å². The molecule has 2 unspecified atom stereocenters. The fraction of sp³-hybridized carbons (Fsp3) is 0.250. The summed E-state index contributed by atoms with van der Waals surface area (Å²) >= 11 is 12.6. The molecule has 3 aromatic rings. The first kappa shape index (κ1) is 14.4. The molecule has 0 aliphatic heterocycles. The van der Waals surface area contributed by atoms with Gasteiger partial charge in [-0.1, -0.05) is 23.7 Å². The van der Waals surface area contributed by atoms with E-state index in [0.717, 1.165) is 22.6 Å². The molecule has 0 fully saturated rings. The molecule has 3 nitrogen and oxygen atoms in total. The second kappa shape index (κ2) is 5.66. The van der Waals surface area contributed by atoms with Crippen molar-refractivity contribution in [3.8, 4) is 0 Å². The van der Waals surface area contributed by atoms with E-state index in [-0.39, 0.29) is 11.4 Å². The van der Waals surface area contributed by atoms with Gasteiger partial charge in [-0.15, -0.1) is 11.6 Å². The van der Waals surface area contributed by atoms with Crippen LogP contribution >= 0.6 is 23.2 Å². The van der Waals surface area contributed by atoms with Crippen LogP contribution in [-0.4, -0.2) is 14.5 Å². The van der Waals surface area contributed by atoms with Crippen molar-refractivity contribution in [2.75, 3.05) is 0 Å². The highest BCUT2D eigenvalue weighted by molar-refractivity contribution is 6.35. The molecular formula is C16H15Cl2N3. The predicted molar refractivity (Wildman–Crippen MR) is 87.1 cm³/mol. The van der Waals surface area contributed by atoms with Crippen LogP contribution in [0.3, 0.4) is 0 Å². The van der Waals surface area contributed by atoms with E-state index in [1.54, 1.807) is 6.20 Å². The summed E-state index contributed by atoms with van der Waals surface area (Å²) in [5.74, 6) is 0.804. The van der Waals surface area contributed by atoms with Gasteiger partial charge < -0.3 is 4.57 Å². The van der Waals surface area contributed by atoms with Crippen LogP contribution in [0.5, 0.6) is 0 Å². The number of imidazole rings is 1. The fourth-order valence-corrected chi connectivity index (χ4v) is 2.91. The Morgan fingerprint density at radius 3 is 2.57 bits per heavy atom. The molecule has 0 bridgehead atoms. The van der Waals surface area contributed by atoms with Crippen LogP contribution in [0.4, 0.5) is 0 Å². The van der Waals surface area contributed by atoms with E-state index < -0.39 is 0 Å². The number of nitrogens with zero attached hydrogens (tertiary/aromatic N) is 3. The molecule has 5 heteroatoms. The van der Waals surface area contributed by atoms with Crippen LogP contribution in [-0.2, 0) is 0 Å². The number of pyridine rings is 1. The molecule has 1 aromatic carbocycles. The topological polar surface area (TPSA) is 30.7 Å². The molecular weight excluding hydrogens is 305 g/mol. The molecule has 0 radical (unpaired) electrons. The minimum atomic E-state index is -0.209. The van der Waals surface area contributed by atoms with Crippen LogP contribution < -0.4 is 0 Å². The van der Waals surface area contributed by atoms with E-state index in [2.05, 4.69) is 21.5 Å². The molecule has 0 saturated heterocycles. The summed E-state index contributed by atoms with van der Waals surface area (Å²) in [7, 11) is 0. The summed E-state index contributed by atoms with van der Waals surface area (Å²) in [5.41, 5.74) is 2.72. The third-order valence-electron chi connectivity index (χ3n) is 3.56. The predicted octanol–water partition coefficient (Wildman–Crippen LogP) is 4.99. The van der Waals surface area contributed by atoms with E-state index in [4.69, 9.17) is 23.2 Å². The monoisotopic (exact) mass is 319 g/mol. The Labute approximate surface area is 133 Å². The second-order valence-electron chi connectivity index (χ2n) is 4.99. The highest BCUT2D eigenvalue weighted by Gasteiger charge is 2.21. The van der Waals surface area contributed by atoms with Gasteiger partial charge in [0.25, 0.3) is 0 Å². The number of aromatic nitrogens is 3. The zero-order chi connectivity index (χ0) is 15.0. The van der Waals surface area contributed by atoms with Crippen LogP contribution in [0.2, 0.25) is 5.02 Å². The lowest BCUT2D eigenvalue weighted by atomic mass is 10.2. The first-order valence-corrected chi connectivity index (χ1v) is 7.62. The number of halogens is 2. The Hall–Kier alpha value is -1.58. The molecule has 0 N–H and O–H groups in total. The third-order valence-corrected chi connectivity index (χ3v) is 4.06. The molecule has 3 rings (SSSR count). The van der Waals surface area contributed by atoms with Crippen LogP contribution in [0.15, 0.2) is 42.6 Å². The van der Waals surface area contributed by atoms with Crippen molar-refractivity contribution in [2.45, 2.75) is 25.3 Å². The third kappa shape index (κ3) is 2.52. The molecule has 2 aromatic heterocycles. The minimum absolute atomic E-state index is 0.0332. The van der Waals surface area contributed by atoms with Crippen molar-refractivity contribution in [1.29, 1.82) is 0 Å². The van der Waals surface area contributed by atoms with Gasteiger partial charge in [0.1, 0.15) is 11.3 Å². The van der Waals surface area contributed by atoms with Gasteiger partial charge in [-0.25, -0.2) is 4.98 Å². The molecule has 0 saturated carbocycles. The zero-order valence-corrected chi connectivity index (χ0v) is 13.3. The fourth-order valence-electron chi connectivity index (χ4n) is 2.54. The quantitative estimate of drug-likeness (QED) is 0.636. The van der Waals surface area contributed by atoms with Crippen LogP contribution in [0, 0.1) is 0 Å². The van der Waals surface area contributed by atoms with E-state index in [1.165, 1.54) is 0 Å². The van der Waals surface area contributed by atoms with Crippen LogP contribution in [0.1, 0.15) is 36.8 Å². The summed E-state index contributed by atoms with van der Waals surface area (Å²) in [6.45, 7) is 4.01. The largest absolute Gasteiger partial charge is 0.318 e. The maximum Gasteiger partial charge on any atom is 0.128 e. The summed E-state index contributed by atoms with van der Waals surface area (Å²) in [6.07, 6.45) is 1.79. The van der Waals surface area contributed by atoms with Gasteiger partial charge in [0.15, 0.2) is 0 Å². The van der Waals surface area contributed by atoms with Crippen molar-refractivity contribution in [3.05, 3.63) is 59.1 Å². The van der Waals surface area contributed by atoms with Gasteiger partial charge in [-0.2, -0.15) is 0 Å². The lowest BCUT2D eigenvalue weighted by molar-refractivity contribution is 0.603. The van der Waals surface area contributed by atoms with Crippen molar-refractivity contribution >= 4 is 34.2 Å². The van der Waals surface area contributed by atoms with E-state index in [1.807, 2.05) is 43.3 Å². The molecule has 0 amide bonds. The number of rotatable bonds is 3. The second-order valence-corrected chi connectivity index (χ2v) is 6.06. The summed E-state index contributed by atoms with van der Waals surface area (Å²) in [5, 5.41) is 0.428. The number of fused-ring (bicyclic) bond motifs is 1. The Kier molecular flexibility index (Phi) is 3.87. The molecule has 0 spiro atoms. The Morgan fingerprint density at radius 2 is 1.90 bits per heavy atom. The van der Waals surface area contributed by atoms with Crippen molar-refractivity contribution in [1.82, 2.24) is 14.5 Å². The van der Waals surface area contributed by atoms with Gasteiger partial charge in [0.2, 0.25) is 0 Å². The summed E-state index contributed by atoms with van der Waals surface area (Å²) < 4.78 is 2.11. The maximum absolute atomic E-state index is 6.32. The van der Waals surface area contributed by atoms with E-state index in [9.17, 15) is 0 Å². The Balaban J connectivity index is 2.25. The smallest absolute Gasteiger partial charge is 0.128 e. The average Bonchev–Trinajstić information content (AvgIpc) is 2.88. The van der Waals surface area contributed by atoms with Gasteiger partial charge in [-0.05, 0) is 38.1 Å². The summed E-state index contributed by atoms with van der Waals surface area (Å²) in [6, 6.07) is 11.7. The standard InChI is InChI=1S/C16H15Cl2N3/c1-10(17)16-20-15-12(18)6-5-8-14(15)21(16)11(2)13-7-3-4-9-19-13/h3-11H,1-2H3. The molecule has 0 aliphatic carbocycles. The van der Waals surface area contributed by atoms with Gasteiger partial charge in [-0.3, -0.25) is 4.98 Å². The number of para-hydroxylation sites is 1. The lowest BCUT2D eigenvalue weighted by Crippen LogP contribution is -2.12. The molecule has 2 heterocycles. The minimum Gasteiger partial charge on any atom is -0.318 e. The highest BCUT2D eigenvalue weighted by Crippen LogP contribution is 2.32. The van der Waals surface area contributed by atoms with Crippen LogP contribution in [0.25, 0.3) is 11.0 Å². The first-order valence-electron chi connectivity index (χ1n) is 6.81. The van der Waals surface area contributed by atoms with E-state index in [0.29, 0.717) is 5.02 Å². The average molecular weight is 320 g/mol. The Morgan fingerprint density at radius 1 is 1.10 bits per heavy atom.